The first-order valence-electron chi connectivity index (χ1n) is 8.64. The number of hydroxylamine groups is 1. The number of fused-ring (bicyclic) bond motifs is 3. The van der Waals surface area contributed by atoms with Gasteiger partial charge in [0.1, 0.15) is 11.8 Å². The van der Waals surface area contributed by atoms with E-state index in [1.165, 1.54) is 19.2 Å². The molecule has 3 N–H and O–H groups in total. The molecule has 4 rings (SSSR count). The van der Waals surface area contributed by atoms with Crippen LogP contribution in [-0.2, 0) is 27.8 Å². The predicted octanol–water partition coefficient (Wildman–Crippen LogP) is 1.80. The third kappa shape index (κ3) is 2.93. The van der Waals surface area contributed by atoms with Crippen molar-refractivity contribution in [3.8, 4) is 5.75 Å². The molecule has 0 spiro atoms. The average molecular weight is 401 g/mol. The molecule has 28 heavy (non-hydrogen) atoms. The maximum absolute atomic E-state index is 13.3. The monoisotopic (exact) mass is 401 g/mol. The molecule has 9 heteroatoms. The summed E-state index contributed by atoms with van der Waals surface area (Å²) in [6.45, 7) is -0.00351. The highest BCUT2D eigenvalue weighted by Crippen LogP contribution is 2.33. The molecule has 1 atom stereocenters. The van der Waals surface area contributed by atoms with Crippen molar-refractivity contribution in [2.24, 2.45) is 0 Å². The Morgan fingerprint density at radius 3 is 2.61 bits per heavy atom. The molecule has 0 saturated heterocycles. The van der Waals surface area contributed by atoms with Gasteiger partial charge in [-0.05, 0) is 35.9 Å². The molecule has 0 unspecified atom stereocenters. The van der Waals surface area contributed by atoms with Crippen LogP contribution in [0.4, 0.5) is 0 Å². The second kappa shape index (κ2) is 6.93. The van der Waals surface area contributed by atoms with Crippen molar-refractivity contribution in [3.05, 3.63) is 59.8 Å². The first-order valence-corrected chi connectivity index (χ1v) is 10.1. The van der Waals surface area contributed by atoms with Crippen molar-refractivity contribution in [1.82, 2.24) is 14.8 Å². The number of nitrogens with zero attached hydrogens (tertiary/aromatic N) is 1. The zero-order valence-corrected chi connectivity index (χ0v) is 15.9. The minimum atomic E-state index is -3.99. The van der Waals surface area contributed by atoms with Crippen LogP contribution in [0.15, 0.2) is 53.4 Å². The zero-order chi connectivity index (χ0) is 19.9. The van der Waals surface area contributed by atoms with Crippen LogP contribution < -0.4 is 10.2 Å². The van der Waals surface area contributed by atoms with Gasteiger partial charge in [0.15, 0.2) is 0 Å². The number of H-pyrrole nitrogens is 1. The summed E-state index contributed by atoms with van der Waals surface area (Å²) in [5, 5.41) is 10.1. The molecule has 0 fully saturated rings. The lowest BCUT2D eigenvalue weighted by Crippen LogP contribution is -2.51. The van der Waals surface area contributed by atoms with Gasteiger partial charge in [-0.25, -0.2) is 13.9 Å². The topological polar surface area (TPSA) is 112 Å². The minimum absolute atomic E-state index is 0.00351. The number of sulfonamides is 1. The van der Waals surface area contributed by atoms with E-state index in [9.17, 15) is 18.4 Å². The van der Waals surface area contributed by atoms with Gasteiger partial charge in [-0.15, -0.1) is 0 Å². The fourth-order valence-corrected chi connectivity index (χ4v) is 5.17. The maximum atomic E-state index is 13.3. The van der Waals surface area contributed by atoms with E-state index in [0.717, 1.165) is 26.5 Å². The highest BCUT2D eigenvalue weighted by Gasteiger charge is 2.40. The molecule has 3 aromatic rings. The second-order valence-electron chi connectivity index (χ2n) is 6.55. The molecule has 146 valence electrons. The Kier molecular flexibility index (Phi) is 4.58. The van der Waals surface area contributed by atoms with E-state index >= 15 is 0 Å². The van der Waals surface area contributed by atoms with Gasteiger partial charge in [0.25, 0.3) is 5.91 Å². The van der Waals surface area contributed by atoms with Gasteiger partial charge < -0.3 is 9.72 Å². The Labute approximate surface area is 161 Å². The molecule has 0 aliphatic carbocycles. The van der Waals surface area contributed by atoms with Crippen LogP contribution in [-0.4, -0.2) is 42.0 Å². The first kappa shape index (κ1) is 18.5. The van der Waals surface area contributed by atoms with Crippen molar-refractivity contribution < 1.29 is 23.2 Å². The van der Waals surface area contributed by atoms with Crippen LogP contribution in [0.25, 0.3) is 10.9 Å². The summed E-state index contributed by atoms with van der Waals surface area (Å²) in [7, 11) is -2.49. The van der Waals surface area contributed by atoms with Crippen LogP contribution in [0.3, 0.4) is 0 Å². The number of nitrogens with one attached hydrogen (secondary N) is 2. The van der Waals surface area contributed by atoms with Gasteiger partial charge in [0, 0.05) is 23.0 Å². The van der Waals surface area contributed by atoms with Gasteiger partial charge in [-0.3, -0.25) is 10.0 Å². The molecule has 1 amide bonds. The lowest BCUT2D eigenvalue weighted by Gasteiger charge is -2.33. The summed E-state index contributed by atoms with van der Waals surface area (Å²) in [5.41, 5.74) is 4.09. The van der Waals surface area contributed by atoms with E-state index in [0.29, 0.717) is 5.75 Å². The fourth-order valence-electron chi connectivity index (χ4n) is 3.62. The molecular formula is C19H19N3O5S. The number of methoxy groups -OCH3 is 1. The highest BCUT2D eigenvalue weighted by molar-refractivity contribution is 7.89. The molecule has 2 aromatic carbocycles. The fraction of sp³-hybridized carbons (Fsp3) is 0.211. The van der Waals surface area contributed by atoms with Crippen LogP contribution in [0.5, 0.6) is 5.75 Å². The zero-order valence-electron chi connectivity index (χ0n) is 15.0. The number of carbonyl (C=O) groups excluding carboxylic acids is 1. The van der Waals surface area contributed by atoms with Crippen molar-refractivity contribution in [1.29, 1.82) is 0 Å². The SMILES string of the molecule is COc1ccc(S(=O)(=O)N2Cc3[nH]c4ccccc4c3C[C@@H]2C(=O)NO)cc1. The Morgan fingerprint density at radius 2 is 1.93 bits per heavy atom. The lowest BCUT2D eigenvalue weighted by molar-refractivity contribution is -0.133. The van der Waals surface area contributed by atoms with E-state index in [4.69, 9.17) is 4.74 Å². The third-order valence-corrected chi connectivity index (χ3v) is 6.91. The second-order valence-corrected chi connectivity index (χ2v) is 8.44. The van der Waals surface area contributed by atoms with Gasteiger partial charge in [-0.1, -0.05) is 18.2 Å². The van der Waals surface area contributed by atoms with E-state index < -0.39 is 22.0 Å². The summed E-state index contributed by atoms with van der Waals surface area (Å²) >= 11 is 0. The van der Waals surface area contributed by atoms with Crippen molar-refractivity contribution in [2.45, 2.75) is 23.9 Å². The molecule has 1 aromatic heterocycles. The number of hydrogen-bond acceptors (Lipinski definition) is 5. The summed E-state index contributed by atoms with van der Waals surface area (Å²) in [6, 6.07) is 12.5. The number of aromatic nitrogens is 1. The molecule has 1 aliphatic heterocycles. The predicted molar refractivity (Wildman–Crippen MR) is 101 cm³/mol. The van der Waals surface area contributed by atoms with Gasteiger partial charge in [0.2, 0.25) is 10.0 Å². The Balaban J connectivity index is 1.80. The van der Waals surface area contributed by atoms with Gasteiger partial charge in [0.05, 0.1) is 18.6 Å². The number of ether oxygens (including phenoxy) is 1. The Morgan fingerprint density at radius 1 is 1.21 bits per heavy atom. The van der Waals surface area contributed by atoms with Crippen LogP contribution >= 0.6 is 0 Å². The van der Waals surface area contributed by atoms with E-state index in [1.807, 2.05) is 24.3 Å². The maximum Gasteiger partial charge on any atom is 0.262 e. The number of benzene rings is 2. The largest absolute Gasteiger partial charge is 0.497 e. The number of para-hydroxylation sites is 1. The highest BCUT2D eigenvalue weighted by atomic mass is 32.2. The van der Waals surface area contributed by atoms with E-state index in [-0.39, 0.29) is 17.9 Å². The molecular weight excluding hydrogens is 382 g/mol. The van der Waals surface area contributed by atoms with E-state index in [1.54, 1.807) is 17.6 Å². The lowest BCUT2D eigenvalue weighted by atomic mass is 9.98. The van der Waals surface area contributed by atoms with Crippen molar-refractivity contribution in [3.63, 3.8) is 0 Å². The van der Waals surface area contributed by atoms with E-state index in [2.05, 4.69) is 4.98 Å². The standard InChI is InChI=1S/C19H19N3O5S/c1-27-12-6-8-13(9-7-12)28(25,26)22-11-17-15(10-18(22)19(23)21-24)14-4-2-3-5-16(14)20-17/h2-9,18,20,24H,10-11H2,1H3,(H,21,23)/t18-/m1/s1. The summed E-state index contributed by atoms with van der Waals surface area (Å²) in [4.78, 5) is 15.6. The quantitative estimate of drug-likeness (QED) is 0.456. The normalized spacial score (nSPS) is 17.3. The summed E-state index contributed by atoms with van der Waals surface area (Å²) < 4.78 is 32.7. The van der Waals surface area contributed by atoms with Gasteiger partial charge >= 0.3 is 0 Å². The average Bonchev–Trinajstić information content (AvgIpc) is 3.10. The molecule has 1 aliphatic rings. The Hall–Kier alpha value is -2.88. The summed E-state index contributed by atoms with van der Waals surface area (Å²) in [5.74, 6) is -0.242. The third-order valence-electron chi connectivity index (χ3n) is 5.04. The number of hydrogen-bond donors (Lipinski definition) is 3. The number of rotatable bonds is 4. The molecule has 0 radical (unpaired) electrons. The van der Waals surface area contributed by atoms with Crippen LogP contribution in [0.2, 0.25) is 0 Å². The molecule has 8 nitrogen and oxygen atoms in total. The number of aromatic amines is 1. The van der Waals surface area contributed by atoms with Gasteiger partial charge in [-0.2, -0.15) is 4.31 Å². The first-order chi connectivity index (χ1) is 13.5. The number of carbonyl (C=O) groups is 1. The van der Waals surface area contributed by atoms with Crippen LogP contribution in [0, 0.1) is 0 Å². The van der Waals surface area contributed by atoms with Crippen molar-refractivity contribution >= 4 is 26.8 Å². The molecule has 2 heterocycles. The molecule has 0 saturated carbocycles. The Bertz CT molecular complexity index is 1140. The minimum Gasteiger partial charge on any atom is -0.497 e. The van der Waals surface area contributed by atoms with Crippen molar-refractivity contribution in [2.75, 3.05) is 7.11 Å². The number of amides is 1. The van der Waals surface area contributed by atoms with Crippen LogP contribution in [0.1, 0.15) is 11.3 Å². The molecule has 0 bridgehead atoms. The summed E-state index contributed by atoms with van der Waals surface area (Å²) in [6.07, 6.45) is 0.154. The smallest absolute Gasteiger partial charge is 0.262 e.